The Labute approximate surface area is 130 Å². The van der Waals surface area contributed by atoms with Crippen LogP contribution in [0.5, 0.6) is 0 Å². The third-order valence-corrected chi connectivity index (χ3v) is 3.84. The van der Waals surface area contributed by atoms with E-state index in [0.717, 1.165) is 5.69 Å². The molecule has 8 heteroatoms. The fraction of sp³-hybridized carbons (Fsp3) is 0.143. The number of aromatic nitrogens is 4. The van der Waals surface area contributed by atoms with Crippen molar-refractivity contribution in [2.75, 3.05) is 7.11 Å². The number of hydrogen-bond donors (Lipinski definition) is 0. The van der Waals surface area contributed by atoms with E-state index < -0.39 is 5.97 Å². The summed E-state index contributed by atoms with van der Waals surface area (Å²) in [4.78, 5) is 11.6. The predicted octanol–water partition coefficient (Wildman–Crippen LogP) is 2.33. The fourth-order valence-corrected chi connectivity index (χ4v) is 2.72. The van der Waals surface area contributed by atoms with Crippen molar-refractivity contribution in [3.8, 4) is 5.69 Å². The van der Waals surface area contributed by atoms with Gasteiger partial charge in [0.25, 0.3) is 0 Å². The average Bonchev–Trinajstić information content (AvgIpc) is 3.21. The Morgan fingerprint density at radius 1 is 1.32 bits per heavy atom. The molecular weight excluding hydrogens is 304 g/mol. The summed E-state index contributed by atoms with van der Waals surface area (Å²) in [5.74, 6) is 0.524. The molecule has 0 fully saturated rings. The van der Waals surface area contributed by atoms with Gasteiger partial charge in [-0.15, -0.1) is 5.10 Å². The summed E-state index contributed by atoms with van der Waals surface area (Å²) >= 11 is 1.37. The summed E-state index contributed by atoms with van der Waals surface area (Å²) in [6.07, 6.45) is 1.46. The molecule has 0 spiro atoms. The number of para-hydroxylation sites is 1. The molecule has 0 radical (unpaired) electrons. The summed E-state index contributed by atoms with van der Waals surface area (Å²) in [5.41, 5.74) is 1.27. The molecule has 0 aliphatic rings. The average molecular weight is 316 g/mol. The van der Waals surface area contributed by atoms with Crippen LogP contribution in [0.4, 0.5) is 0 Å². The van der Waals surface area contributed by atoms with Crippen molar-refractivity contribution in [3.05, 3.63) is 54.0 Å². The molecule has 0 N–H and O–H groups in total. The van der Waals surface area contributed by atoms with Gasteiger partial charge in [0.05, 0.1) is 24.8 Å². The van der Waals surface area contributed by atoms with Crippen LogP contribution in [0.3, 0.4) is 0 Å². The molecule has 0 saturated heterocycles. The number of rotatable bonds is 5. The lowest BCUT2D eigenvalue weighted by Gasteiger charge is -2.03. The highest BCUT2D eigenvalue weighted by atomic mass is 32.2. The van der Waals surface area contributed by atoms with Crippen LogP contribution in [0.2, 0.25) is 0 Å². The molecule has 0 atom stereocenters. The third-order valence-electron chi connectivity index (χ3n) is 2.92. The number of carbonyl (C=O) groups excluding carboxylic acids is 1. The number of benzene rings is 1. The minimum atomic E-state index is -0.424. The molecule has 3 aromatic rings. The van der Waals surface area contributed by atoms with Crippen LogP contribution < -0.4 is 0 Å². The van der Waals surface area contributed by atoms with Gasteiger partial charge in [0.2, 0.25) is 5.16 Å². The van der Waals surface area contributed by atoms with Crippen LogP contribution in [0.1, 0.15) is 16.1 Å². The summed E-state index contributed by atoms with van der Waals surface area (Å²) in [6, 6.07) is 11.1. The molecule has 22 heavy (non-hydrogen) atoms. The normalized spacial score (nSPS) is 10.6. The molecule has 2 heterocycles. The lowest BCUT2D eigenvalue weighted by molar-refractivity contribution is 0.0598. The van der Waals surface area contributed by atoms with Gasteiger partial charge >= 0.3 is 5.97 Å². The molecule has 0 aliphatic carbocycles. The van der Waals surface area contributed by atoms with Crippen molar-refractivity contribution in [2.24, 2.45) is 0 Å². The molecule has 0 saturated carbocycles. The number of esters is 1. The highest BCUT2D eigenvalue weighted by Gasteiger charge is 2.17. The van der Waals surface area contributed by atoms with Crippen molar-refractivity contribution in [3.63, 3.8) is 0 Å². The maximum Gasteiger partial charge on any atom is 0.341 e. The summed E-state index contributed by atoms with van der Waals surface area (Å²) in [6.45, 7) is 0. The Kier molecular flexibility index (Phi) is 4.19. The van der Waals surface area contributed by atoms with Crippen LogP contribution in [0.15, 0.2) is 52.2 Å². The third kappa shape index (κ3) is 2.86. The smallest absolute Gasteiger partial charge is 0.341 e. The topological polar surface area (TPSA) is 83.0 Å². The molecule has 7 nitrogen and oxygen atoms in total. The number of thioether (sulfide) groups is 1. The molecule has 0 amide bonds. The number of methoxy groups -OCH3 is 1. The van der Waals surface area contributed by atoms with Crippen molar-refractivity contribution in [2.45, 2.75) is 10.9 Å². The number of tetrazole rings is 1. The number of carbonyl (C=O) groups is 1. The van der Waals surface area contributed by atoms with E-state index >= 15 is 0 Å². The molecule has 0 bridgehead atoms. The van der Waals surface area contributed by atoms with Gasteiger partial charge < -0.3 is 9.15 Å². The Morgan fingerprint density at radius 2 is 2.14 bits per heavy atom. The zero-order valence-corrected chi connectivity index (χ0v) is 12.5. The van der Waals surface area contributed by atoms with Gasteiger partial charge in [-0.2, -0.15) is 4.68 Å². The monoisotopic (exact) mass is 316 g/mol. The predicted molar refractivity (Wildman–Crippen MR) is 78.8 cm³/mol. The minimum Gasteiger partial charge on any atom is -0.468 e. The van der Waals surface area contributed by atoms with E-state index in [9.17, 15) is 4.79 Å². The molecule has 1 aromatic carbocycles. The van der Waals surface area contributed by atoms with Crippen molar-refractivity contribution in [1.29, 1.82) is 0 Å². The van der Waals surface area contributed by atoms with E-state index in [4.69, 9.17) is 9.15 Å². The second-order valence-corrected chi connectivity index (χ2v) is 5.19. The van der Waals surface area contributed by atoms with E-state index in [0.29, 0.717) is 22.2 Å². The van der Waals surface area contributed by atoms with Crippen LogP contribution in [0.25, 0.3) is 5.69 Å². The Hall–Kier alpha value is -2.61. The van der Waals surface area contributed by atoms with Gasteiger partial charge in [-0.25, -0.2) is 4.79 Å². The SMILES string of the molecule is COC(=O)c1ccoc1CSc1nnnn1-c1ccccc1. The molecule has 112 valence electrons. The quantitative estimate of drug-likeness (QED) is 0.527. The summed E-state index contributed by atoms with van der Waals surface area (Å²) in [5, 5.41) is 12.3. The first-order chi connectivity index (χ1) is 10.8. The lowest BCUT2D eigenvalue weighted by atomic mass is 10.3. The molecule has 0 unspecified atom stereocenters. The van der Waals surface area contributed by atoms with E-state index in [1.807, 2.05) is 30.3 Å². The highest BCUT2D eigenvalue weighted by molar-refractivity contribution is 7.98. The fourth-order valence-electron chi connectivity index (χ4n) is 1.87. The summed E-state index contributed by atoms with van der Waals surface area (Å²) < 4.78 is 11.7. The molecular formula is C14H12N4O3S. The second-order valence-electron chi connectivity index (χ2n) is 4.25. The number of furan rings is 1. The largest absolute Gasteiger partial charge is 0.468 e. The van der Waals surface area contributed by atoms with Crippen LogP contribution in [-0.2, 0) is 10.5 Å². The second kappa shape index (κ2) is 6.44. The van der Waals surface area contributed by atoms with Crippen LogP contribution in [-0.4, -0.2) is 33.3 Å². The van der Waals surface area contributed by atoms with Gasteiger partial charge in [-0.1, -0.05) is 30.0 Å². The van der Waals surface area contributed by atoms with Crippen molar-refractivity contribution < 1.29 is 13.9 Å². The Morgan fingerprint density at radius 3 is 2.91 bits per heavy atom. The molecule has 0 aliphatic heterocycles. The Bertz CT molecular complexity index is 769. The zero-order chi connectivity index (χ0) is 15.4. The van der Waals surface area contributed by atoms with E-state index in [2.05, 4.69) is 15.5 Å². The van der Waals surface area contributed by atoms with Gasteiger partial charge in [0, 0.05) is 0 Å². The molecule has 3 rings (SSSR count). The zero-order valence-electron chi connectivity index (χ0n) is 11.7. The van der Waals surface area contributed by atoms with Gasteiger partial charge in [-0.05, 0) is 28.6 Å². The van der Waals surface area contributed by atoms with Crippen molar-refractivity contribution >= 4 is 17.7 Å². The first-order valence-electron chi connectivity index (χ1n) is 6.41. The highest BCUT2D eigenvalue weighted by Crippen LogP contribution is 2.25. The van der Waals surface area contributed by atoms with Gasteiger partial charge in [-0.3, -0.25) is 0 Å². The number of hydrogen-bond acceptors (Lipinski definition) is 7. The molecule has 2 aromatic heterocycles. The minimum absolute atomic E-state index is 0.411. The summed E-state index contributed by atoms with van der Waals surface area (Å²) in [7, 11) is 1.34. The first kappa shape index (κ1) is 14.3. The van der Waals surface area contributed by atoms with E-state index in [1.165, 1.54) is 25.1 Å². The number of ether oxygens (including phenoxy) is 1. The van der Waals surface area contributed by atoms with Crippen LogP contribution in [0, 0.1) is 0 Å². The maximum absolute atomic E-state index is 11.6. The van der Waals surface area contributed by atoms with Crippen molar-refractivity contribution in [1.82, 2.24) is 20.2 Å². The standard InChI is InChI=1S/C14H12N4O3S/c1-20-13(19)11-7-8-21-12(11)9-22-14-15-16-17-18(14)10-5-3-2-4-6-10/h2-8H,9H2,1H3. The van der Waals surface area contributed by atoms with Gasteiger partial charge in [0.1, 0.15) is 11.3 Å². The van der Waals surface area contributed by atoms with E-state index in [-0.39, 0.29) is 0 Å². The lowest BCUT2D eigenvalue weighted by Crippen LogP contribution is -2.03. The van der Waals surface area contributed by atoms with E-state index in [1.54, 1.807) is 10.7 Å². The first-order valence-corrected chi connectivity index (χ1v) is 7.39. The van der Waals surface area contributed by atoms with Crippen LogP contribution >= 0.6 is 11.8 Å². The van der Waals surface area contributed by atoms with Gasteiger partial charge in [0.15, 0.2) is 0 Å². The Balaban J connectivity index is 1.78. The maximum atomic E-state index is 11.6. The number of nitrogens with zero attached hydrogens (tertiary/aromatic N) is 4.